The van der Waals surface area contributed by atoms with E-state index in [0.29, 0.717) is 12.0 Å². The molecule has 4 heteroatoms. The Bertz CT molecular complexity index is 384. The van der Waals surface area contributed by atoms with E-state index in [9.17, 15) is 0 Å². The van der Waals surface area contributed by atoms with Crippen molar-refractivity contribution >= 4 is 11.3 Å². The molecule has 2 atom stereocenters. The summed E-state index contributed by atoms with van der Waals surface area (Å²) in [6, 6.07) is 0.679. The molecule has 2 fully saturated rings. The van der Waals surface area contributed by atoms with Gasteiger partial charge < -0.3 is 10.2 Å². The average molecular weight is 265 g/mol. The SMILES string of the molecule is CN1CCCC(c2csc(CC3CCCN3)n2)C1. The average Bonchev–Trinajstić information content (AvgIpc) is 3.01. The zero-order valence-electron chi connectivity index (χ0n) is 11.2. The second-order valence-corrected chi connectivity index (χ2v) is 6.71. The van der Waals surface area contributed by atoms with Crippen molar-refractivity contribution in [1.82, 2.24) is 15.2 Å². The molecule has 0 bridgehead atoms. The van der Waals surface area contributed by atoms with Crippen LogP contribution in [0.5, 0.6) is 0 Å². The number of nitrogens with one attached hydrogen (secondary N) is 1. The Balaban J connectivity index is 1.61. The summed E-state index contributed by atoms with van der Waals surface area (Å²) in [6.45, 7) is 3.63. The molecule has 0 amide bonds. The minimum Gasteiger partial charge on any atom is -0.314 e. The maximum atomic E-state index is 4.88. The van der Waals surface area contributed by atoms with Gasteiger partial charge in [-0.25, -0.2) is 4.98 Å². The molecule has 2 aliphatic heterocycles. The highest BCUT2D eigenvalue weighted by atomic mass is 32.1. The van der Waals surface area contributed by atoms with Crippen LogP contribution in [0.2, 0.25) is 0 Å². The second-order valence-electron chi connectivity index (χ2n) is 5.76. The predicted octanol–water partition coefficient (Wildman–Crippen LogP) is 2.25. The summed E-state index contributed by atoms with van der Waals surface area (Å²) in [5, 5.41) is 7.19. The number of likely N-dealkylation sites (N-methyl/N-ethyl adjacent to an activating group) is 1. The monoisotopic (exact) mass is 265 g/mol. The van der Waals surface area contributed by atoms with Gasteiger partial charge in [0.15, 0.2) is 0 Å². The lowest BCUT2D eigenvalue weighted by atomic mass is 9.96. The first-order valence-corrected chi connectivity index (χ1v) is 8.05. The highest BCUT2D eigenvalue weighted by Crippen LogP contribution is 2.28. The number of hydrogen-bond donors (Lipinski definition) is 1. The zero-order chi connectivity index (χ0) is 12.4. The van der Waals surface area contributed by atoms with Crippen molar-refractivity contribution in [3.05, 3.63) is 16.1 Å². The van der Waals surface area contributed by atoms with E-state index in [1.807, 2.05) is 11.3 Å². The van der Waals surface area contributed by atoms with Gasteiger partial charge >= 0.3 is 0 Å². The quantitative estimate of drug-likeness (QED) is 0.908. The first-order valence-electron chi connectivity index (χ1n) is 7.17. The van der Waals surface area contributed by atoms with Gasteiger partial charge in [-0.2, -0.15) is 0 Å². The van der Waals surface area contributed by atoms with Gasteiger partial charge in [-0.15, -0.1) is 11.3 Å². The lowest BCUT2D eigenvalue weighted by molar-refractivity contribution is 0.248. The molecule has 0 aliphatic carbocycles. The van der Waals surface area contributed by atoms with E-state index in [-0.39, 0.29) is 0 Å². The van der Waals surface area contributed by atoms with Crippen LogP contribution in [0.25, 0.3) is 0 Å². The van der Waals surface area contributed by atoms with Crippen LogP contribution in [0.1, 0.15) is 42.3 Å². The molecule has 100 valence electrons. The van der Waals surface area contributed by atoms with Gasteiger partial charge in [0, 0.05) is 30.3 Å². The van der Waals surface area contributed by atoms with Crippen molar-refractivity contribution in [3.63, 3.8) is 0 Å². The Morgan fingerprint density at radius 2 is 2.39 bits per heavy atom. The Morgan fingerprint density at radius 1 is 1.44 bits per heavy atom. The minimum atomic E-state index is 0.672. The van der Waals surface area contributed by atoms with Crippen molar-refractivity contribution in [3.8, 4) is 0 Å². The topological polar surface area (TPSA) is 28.2 Å². The smallest absolute Gasteiger partial charge is 0.0943 e. The number of likely N-dealkylation sites (tertiary alicyclic amines) is 1. The van der Waals surface area contributed by atoms with Crippen LogP contribution >= 0.6 is 11.3 Å². The van der Waals surface area contributed by atoms with Crippen molar-refractivity contribution < 1.29 is 0 Å². The number of nitrogens with zero attached hydrogens (tertiary/aromatic N) is 2. The van der Waals surface area contributed by atoms with E-state index in [4.69, 9.17) is 4.98 Å². The van der Waals surface area contributed by atoms with Crippen molar-refractivity contribution in [1.29, 1.82) is 0 Å². The number of hydrogen-bond acceptors (Lipinski definition) is 4. The molecule has 3 heterocycles. The third-order valence-corrected chi connectivity index (χ3v) is 5.09. The lowest BCUT2D eigenvalue weighted by Gasteiger charge is -2.28. The van der Waals surface area contributed by atoms with Crippen molar-refractivity contribution in [2.75, 3.05) is 26.7 Å². The summed E-state index contributed by atoms with van der Waals surface area (Å²) in [7, 11) is 2.22. The molecular weight excluding hydrogens is 242 g/mol. The zero-order valence-corrected chi connectivity index (χ0v) is 12.0. The molecule has 1 N–H and O–H groups in total. The molecule has 1 aromatic heterocycles. The number of rotatable bonds is 3. The molecule has 3 nitrogen and oxygen atoms in total. The molecule has 2 saturated heterocycles. The van der Waals surface area contributed by atoms with Crippen molar-refractivity contribution in [2.45, 2.75) is 44.1 Å². The molecule has 1 aromatic rings. The van der Waals surface area contributed by atoms with Crippen LogP contribution in [0, 0.1) is 0 Å². The Kier molecular flexibility index (Phi) is 3.97. The van der Waals surface area contributed by atoms with E-state index in [0.717, 1.165) is 6.42 Å². The highest BCUT2D eigenvalue weighted by molar-refractivity contribution is 7.09. The summed E-state index contributed by atoms with van der Waals surface area (Å²) < 4.78 is 0. The van der Waals surface area contributed by atoms with Crippen LogP contribution in [0.3, 0.4) is 0 Å². The molecule has 0 aromatic carbocycles. The Morgan fingerprint density at radius 3 is 3.17 bits per heavy atom. The van der Waals surface area contributed by atoms with Crippen LogP contribution < -0.4 is 5.32 Å². The van der Waals surface area contributed by atoms with E-state index < -0.39 is 0 Å². The standard InChI is InChI=1S/C14H23N3S/c1-17-7-3-4-11(9-17)13-10-18-14(16-13)8-12-5-2-6-15-12/h10-12,15H,2-9H2,1H3. The predicted molar refractivity (Wildman–Crippen MR) is 76.3 cm³/mol. The molecule has 0 saturated carbocycles. The fraction of sp³-hybridized carbons (Fsp3) is 0.786. The van der Waals surface area contributed by atoms with Gasteiger partial charge in [-0.1, -0.05) is 0 Å². The summed E-state index contributed by atoms with van der Waals surface area (Å²) in [6.07, 6.45) is 6.41. The van der Waals surface area contributed by atoms with Gasteiger partial charge in [-0.3, -0.25) is 0 Å². The number of thiazole rings is 1. The maximum absolute atomic E-state index is 4.88. The van der Waals surface area contributed by atoms with Crippen LogP contribution in [-0.4, -0.2) is 42.6 Å². The lowest BCUT2D eigenvalue weighted by Crippen LogP contribution is -2.31. The molecule has 2 aliphatic rings. The molecule has 0 radical (unpaired) electrons. The molecule has 0 spiro atoms. The summed E-state index contributed by atoms with van der Waals surface area (Å²) in [5.74, 6) is 0.672. The largest absolute Gasteiger partial charge is 0.314 e. The van der Waals surface area contributed by atoms with E-state index in [1.165, 1.54) is 56.0 Å². The summed E-state index contributed by atoms with van der Waals surface area (Å²) in [5.41, 5.74) is 1.35. The molecule has 3 rings (SSSR count). The first kappa shape index (κ1) is 12.6. The van der Waals surface area contributed by atoms with Gasteiger partial charge in [0.2, 0.25) is 0 Å². The third kappa shape index (κ3) is 2.92. The normalized spacial score (nSPS) is 29.8. The van der Waals surface area contributed by atoms with E-state index in [1.54, 1.807) is 0 Å². The van der Waals surface area contributed by atoms with Gasteiger partial charge in [0.05, 0.1) is 10.7 Å². The van der Waals surface area contributed by atoms with Crippen LogP contribution in [0.15, 0.2) is 5.38 Å². The molecule has 2 unspecified atom stereocenters. The van der Waals surface area contributed by atoms with E-state index >= 15 is 0 Å². The molecule has 18 heavy (non-hydrogen) atoms. The minimum absolute atomic E-state index is 0.672. The third-order valence-electron chi connectivity index (χ3n) is 4.20. The van der Waals surface area contributed by atoms with Crippen molar-refractivity contribution in [2.24, 2.45) is 0 Å². The maximum Gasteiger partial charge on any atom is 0.0943 e. The van der Waals surface area contributed by atoms with Gasteiger partial charge in [0.25, 0.3) is 0 Å². The Labute approximate surface area is 114 Å². The fourth-order valence-electron chi connectivity index (χ4n) is 3.16. The summed E-state index contributed by atoms with van der Waals surface area (Å²) >= 11 is 1.86. The summed E-state index contributed by atoms with van der Waals surface area (Å²) in [4.78, 5) is 7.32. The highest BCUT2D eigenvalue weighted by Gasteiger charge is 2.22. The number of aromatic nitrogens is 1. The van der Waals surface area contributed by atoms with E-state index in [2.05, 4.69) is 22.6 Å². The van der Waals surface area contributed by atoms with Gasteiger partial charge in [-0.05, 0) is 45.8 Å². The fourth-order valence-corrected chi connectivity index (χ4v) is 4.11. The number of piperidine rings is 1. The van der Waals surface area contributed by atoms with Crippen LogP contribution in [0.4, 0.5) is 0 Å². The second kappa shape index (κ2) is 5.68. The van der Waals surface area contributed by atoms with Crippen LogP contribution in [-0.2, 0) is 6.42 Å². The first-order chi connectivity index (χ1) is 8.81. The van der Waals surface area contributed by atoms with Gasteiger partial charge in [0.1, 0.15) is 0 Å². The molecular formula is C14H23N3S. The Hall–Kier alpha value is -0.450.